The molecule has 0 saturated carbocycles. The van der Waals surface area contributed by atoms with Crippen LogP contribution in [0, 0.1) is 23.5 Å². The van der Waals surface area contributed by atoms with Crippen molar-refractivity contribution in [3.63, 3.8) is 0 Å². The number of pyridine rings is 1. The Morgan fingerprint density at radius 3 is 2.89 bits per heavy atom. The average molecular weight is 515 g/mol. The maximum Gasteiger partial charge on any atom is 0.308 e. The highest BCUT2D eigenvalue weighted by molar-refractivity contribution is 7.99. The molecule has 1 saturated heterocycles. The van der Waals surface area contributed by atoms with Gasteiger partial charge in [-0.05, 0) is 98.8 Å². The molecule has 0 unspecified atom stereocenters. The van der Waals surface area contributed by atoms with Gasteiger partial charge in [0.1, 0.15) is 5.75 Å². The van der Waals surface area contributed by atoms with E-state index in [0.29, 0.717) is 17.2 Å². The number of aryl methyl sites for hydroxylation is 1. The molecular formula is C28H32F2N2O3S. The summed E-state index contributed by atoms with van der Waals surface area (Å²) in [7, 11) is 1.65. The second-order valence-corrected chi connectivity index (χ2v) is 10.4. The summed E-state index contributed by atoms with van der Waals surface area (Å²) in [5.74, 6) is -1.15. The lowest BCUT2D eigenvalue weighted by molar-refractivity contribution is -0.146. The quantitative estimate of drug-likeness (QED) is 0.248. The number of benzene rings is 2. The molecule has 1 aliphatic rings. The van der Waals surface area contributed by atoms with Crippen LogP contribution in [0.4, 0.5) is 8.78 Å². The predicted octanol–water partition coefficient (Wildman–Crippen LogP) is 6.05. The Kier molecular flexibility index (Phi) is 9.15. The number of aliphatic carboxylic acids is 1. The van der Waals surface area contributed by atoms with Crippen LogP contribution in [-0.2, 0) is 11.2 Å². The molecular weight excluding hydrogens is 482 g/mol. The average Bonchev–Trinajstić information content (AvgIpc) is 2.89. The number of fused-ring (bicyclic) bond motifs is 1. The number of rotatable bonds is 11. The van der Waals surface area contributed by atoms with Gasteiger partial charge in [0.05, 0.1) is 18.5 Å². The van der Waals surface area contributed by atoms with E-state index < -0.39 is 17.6 Å². The molecule has 0 radical (unpaired) electrons. The predicted molar refractivity (Wildman–Crippen MR) is 139 cm³/mol. The number of piperidine rings is 1. The number of methoxy groups -OCH3 is 1. The van der Waals surface area contributed by atoms with E-state index in [1.165, 1.54) is 23.4 Å². The standard InChI is InChI=1S/C28H32F2N2O3S/c1-35-21-9-10-25-22(17-21)19(11-13-31-25)5-2-6-20-12-15-32(18-23(20)28(33)34)14-4-16-36-26-8-3-7-24(29)27(26)30/h3,7-11,13,17,20,23H,2,4-6,12,14-16,18H2,1H3,(H,33,34)/t20-,23+/m1/s1. The molecule has 1 aliphatic heterocycles. The van der Waals surface area contributed by atoms with Crippen molar-refractivity contribution in [1.82, 2.24) is 9.88 Å². The highest BCUT2D eigenvalue weighted by Crippen LogP contribution is 2.31. The summed E-state index contributed by atoms with van der Waals surface area (Å²) < 4.78 is 32.5. The van der Waals surface area contributed by atoms with Gasteiger partial charge in [0.15, 0.2) is 11.6 Å². The first-order chi connectivity index (χ1) is 17.5. The molecule has 2 aromatic carbocycles. The van der Waals surface area contributed by atoms with E-state index in [9.17, 15) is 18.7 Å². The van der Waals surface area contributed by atoms with Crippen molar-refractivity contribution < 1.29 is 23.4 Å². The van der Waals surface area contributed by atoms with Crippen LogP contribution in [0.15, 0.2) is 53.6 Å². The van der Waals surface area contributed by atoms with Gasteiger partial charge in [-0.2, -0.15) is 0 Å². The van der Waals surface area contributed by atoms with Crippen LogP contribution in [0.3, 0.4) is 0 Å². The van der Waals surface area contributed by atoms with Crippen LogP contribution >= 0.6 is 11.8 Å². The highest BCUT2D eigenvalue weighted by Gasteiger charge is 2.33. The lowest BCUT2D eigenvalue weighted by atomic mass is 9.81. The second kappa shape index (κ2) is 12.5. The van der Waals surface area contributed by atoms with Gasteiger partial charge in [0, 0.05) is 23.0 Å². The van der Waals surface area contributed by atoms with Crippen molar-refractivity contribution in [2.45, 2.75) is 37.0 Å². The summed E-state index contributed by atoms with van der Waals surface area (Å²) in [6.45, 7) is 2.16. The van der Waals surface area contributed by atoms with E-state index >= 15 is 0 Å². The van der Waals surface area contributed by atoms with Crippen molar-refractivity contribution >= 4 is 28.6 Å². The van der Waals surface area contributed by atoms with Crippen molar-refractivity contribution in [1.29, 1.82) is 0 Å². The van der Waals surface area contributed by atoms with Gasteiger partial charge in [0.2, 0.25) is 0 Å². The number of carboxylic acid groups (broad SMARTS) is 1. The topological polar surface area (TPSA) is 62.7 Å². The molecule has 3 aromatic rings. The Morgan fingerprint density at radius 1 is 1.22 bits per heavy atom. The number of nitrogens with zero attached hydrogens (tertiary/aromatic N) is 2. The third kappa shape index (κ3) is 6.53. The minimum Gasteiger partial charge on any atom is -0.497 e. The molecule has 0 aliphatic carbocycles. The Morgan fingerprint density at radius 2 is 2.08 bits per heavy atom. The van der Waals surface area contributed by atoms with E-state index in [1.807, 2.05) is 30.5 Å². The number of thioether (sulfide) groups is 1. The first-order valence-electron chi connectivity index (χ1n) is 12.4. The largest absolute Gasteiger partial charge is 0.497 e. The number of carboxylic acids is 1. The van der Waals surface area contributed by atoms with Crippen LogP contribution in [-0.4, -0.2) is 53.5 Å². The van der Waals surface area contributed by atoms with Gasteiger partial charge in [0.25, 0.3) is 0 Å². The number of carbonyl (C=O) groups is 1. The molecule has 0 amide bonds. The lowest BCUT2D eigenvalue weighted by Crippen LogP contribution is -2.44. The lowest BCUT2D eigenvalue weighted by Gasteiger charge is -2.36. The molecule has 192 valence electrons. The number of likely N-dealkylation sites (tertiary alicyclic amines) is 1. The van der Waals surface area contributed by atoms with Crippen LogP contribution in [0.2, 0.25) is 0 Å². The summed E-state index contributed by atoms with van der Waals surface area (Å²) in [5, 5.41) is 11.0. The summed E-state index contributed by atoms with van der Waals surface area (Å²) in [6.07, 6.45) is 6.12. The molecule has 1 N–H and O–H groups in total. The normalized spacial score (nSPS) is 18.4. The van der Waals surface area contributed by atoms with Crippen LogP contribution < -0.4 is 4.74 Å². The third-order valence-electron chi connectivity index (χ3n) is 7.01. The Labute approximate surface area is 214 Å². The molecule has 4 rings (SSSR count). The van der Waals surface area contributed by atoms with E-state index in [4.69, 9.17) is 4.74 Å². The van der Waals surface area contributed by atoms with Gasteiger partial charge < -0.3 is 14.7 Å². The third-order valence-corrected chi connectivity index (χ3v) is 8.13. The Bertz CT molecular complexity index is 1190. The summed E-state index contributed by atoms with van der Waals surface area (Å²) in [5.41, 5.74) is 2.14. The SMILES string of the molecule is COc1ccc2nccc(CCC[C@@H]3CCN(CCCSc4cccc(F)c4F)C[C@@H]3C(=O)O)c2c1. The first kappa shape index (κ1) is 26.4. The molecule has 1 fully saturated rings. The maximum absolute atomic E-state index is 13.8. The smallest absolute Gasteiger partial charge is 0.308 e. The summed E-state index contributed by atoms with van der Waals surface area (Å²) in [6, 6.07) is 12.1. The number of halogens is 2. The Balaban J connectivity index is 1.26. The van der Waals surface area contributed by atoms with Crippen molar-refractivity contribution in [3.8, 4) is 5.75 Å². The molecule has 0 bridgehead atoms. The summed E-state index contributed by atoms with van der Waals surface area (Å²) in [4.78, 5) is 19.0. The first-order valence-corrected chi connectivity index (χ1v) is 13.4. The molecule has 2 heterocycles. The molecule has 8 heteroatoms. The molecule has 36 heavy (non-hydrogen) atoms. The number of hydrogen-bond acceptors (Lipinski definition) is 5. The zero-order chi connectivity index (χ0) is 25.5. The fraction of sp³-hybridized carbons (Fsp3) is 0.429. The minimum atomic E-state index is -0.830. The Hall–Kier alpha value is -2.71. The van der Waals surface area contributed by atoms with Gasteiger partial charge in [-0.1, -0.05) is 6.07 Å². The second-order valence-electron chi connectivity index (χ2n) is 9.29. The van der Waals surface area contributed by atoms with E-state index in [0.717, 1.165) is 67.9 Å². The van der Waals surface area contributed by atoms with Gasteiger partial charge in [-0.25, -0.2) is 8.78 Å². The highest BCUT2D eigenvalue weighted by atomic mass is 32.2. The van der Waals surface area contributed by atoms with Crippen LogP contribution in [0.1, 0.15) is 31.2 Å². The minimum absolute atomic E-state index is 0.150. The van der Waals surface area contributed by atoms with Crippen molar-refractivity contribution in [2.24, 2.45) is 11.8 Å². The van der Waals surface area contributed by atoms with Crippen molar-refractivity contribution in [2.75, 3.05) is 32.5 Å². The number of aromatic nitrogens is 1. The van der Waals surface area contributed by atoms with Crippen LogP contribution in [0.25, 0.3) is 10.9 Å². The fourth-order valence-corrected chi connectivity index (χ4v) is 5.94. The van der Waals surface area contributed by atoms with Gasteiger partial charge in [-0.15, -0.1) is 11.8 Å². The van der Waals surface area contributed by atoms with Gasteiger partial charge >= 0.3 is 5.97 Å². The van der Waals surface area contributed by atoms with E-state index in [2.05, 4.69) is 9.88 Å². The van der Waals surface area contributed by atoms with Crippen LogP contribution in [0.5, 0.6) is 5.75 Å². The molecule has 0 spiro atoms. The maximum atomic E-state index is 13.8. The number of ether oxygens (including phenoxy) is 1. The van der Waals surface area contributed by atoms with Crippen molar-refractivity contribution in [3.05, 3.63) is 65.9 Å². The monoisotopic (exact) mass is 514 g/mol. The van der Waals surface area contributed by atoms with Gasteiger partial charge in [-0.3, -0.25) is 9.78 Å². The fourth-order valence-electron chi connectivity index (χ4n) is 5.04. The zero-order valence-electron chi connectivity index (χ0n) is 20.5. The van der Waals surface area contributed by atoms with E-state index in [-0.39, 0.29) is 11.8 Å². The molecule has 2 atom stereocenters. The number of hydrogen-bond donors (Lipinski definition) is 1. The van der Waals surface area contributed by atoms with E-state index in [1.54, 1.807) is 13.2 Å². The molecule has 5 nitrogen and oxygen atoms in total. The molecule has 1 aromatic heterocycles. The summed E-state index contributed by atoms with van der Waals surface area (Å²) >= 11 is 1.30. The zero-order valence-corrected chi connectivity index (χ0v) is 21.3.